The summed E-state index contributed by atoms with van der Waals surface area (Å²) in [5.41, 5.74) is 6.84. The van der Waals surface area contributed by atoms with Crippen LogP contribution in [0.1, 0.15) is 36.7 Å². The summed E-state index contributed by atoms with van der Waals surface area (Å²) in [6.07, 6.45) is 0. The number of nitrogens with one attached hydrogen (secondary N) is 3. The first-order valence-corrected chi connectivity index (χ1v) is 7.89. The molecule has 1 rings (SSSR count). The number of rotatable bonds is 7. The van der Waals surface area contributed by atoms with Gasteiger partial charge in [-0.15, -0.1) is 0 Å². The molecule has 1 aromatic rings. The number of carbonyl (C=O) groups is 4. The Morgan fingerprint density at radius 3 is 1.96 bits per heavy atom. The fourth-order valence-electron chi connectivity index (χ4n) is 1.66. The highest BCUT2D eigenvalue weighted by Gasteiger charge is 2.22. The first-order chi connectivity index (χ1) is 12.5. The van der Waals surface area contributed by atoms with Crippen LogP contribution in [0.15, 0.2) is 24.3 Å². The van der Waals surface area contributed by atoms with Crippen LogP contribution in [0, 0.1) is 0 Å². The van der Waals surface area contributed by atoms with E-state index in [1.807, 2.05) is 12.1 Å². The molecule has 150 valence electrons. The predicted octanol–water partition coefficient (Wildman–Crippen LogP) is 0.138. The molecule has 0 atom stereocenters. The molecule has 0 aliphatic heterocycles. The Morgan fingerprint density at radius 2 is 1.56 bits per heavy atom. The van der Waals surface area contributed by atoms with Gasteiger partial charge in [-0.05, 0) is 38.6 Å². The van der Waals surface area contributed by atoms with Crippen LogP contribution in [0.25, 0.3) is 0 Å². The molecule has 0 unspecified atom stereocenters. The third-order valence-corrected chi connectivity index (χ3v) is 2.96. The van der Waals surface area contributed by atoms with Crippen molar-refractivity contribution in [3.8, 4) is 0 Å². The monoisotopic (exact) mass is 383 g/mol. The zero-order valence-corrected chi connectivity index (χ0v) is 15.7. The van der Waals surface area contributed by atoms with E-state index >= 15 is 0 Å². The largest absolute Gasteiger partial charge is 0.473 e. The number of carboxylic acids is 2. The highest BCUT2D eigenvalue weighted by Crippen LogP contribution is 2.08. The molecule has 0 radical (unpaired) electrons. The van der Waals surface area contributed by atoms with E-state index in [1.165, 1.54) is 6.92 Å². The Kier molecular flexibility index (Phi) is 10.3. The Bertz CT molecular complexity index is 645. The molecule has 0 heterocycles. The summed E-state index contributed by atoms with van der Waals surface area (Å²) in [4.78, 5) is 41.2. The number of hydrogen-bond acceptors (Lipinski definition) is 7. The number of amides is 1. The number of hydrogen-bond donors (Lipinski definition) is 5. The summed E-state index contributed by atoms with van der Waals surface area (Å²) >= 11 is 0. The average Bonchev–Trinajstić information content (AvgIpc) is 2.58. The Morgan fingerprint density at radius 1 is 1.04 bits per heavy atom. The van der Waals surface area contributed by atoms with Crippen molar-refractivity contribution < 1.29 is 34.1 Å². The first-order valence-electron chi connectivity index (χ1n) is 7.89. The van der Waals surface area contributed by atoms with Crippen LogP contribution in [0.3, 0.4) is 0 Å². The molecule has 0 saturated carbocycles. The molecule has 5 N–H and O–H groups in total. The normalized spacial score (nSPS) is 10.2. The maximum absolute atomic E-state index is 12.2. The van der Waals surface area contributed by atoms with Crippen LogP contribution in [0.4, 0.5) is 0 Å². The molecule has 0 aliphatic carbocycles. The summed E-state index contributed by atoms with van der Waals surface area (Å²) in [6, 6.07) is 7.31. The van der Waals surface area contributed by atoms with Crippen molar-refractivity contribution in [3.63, 3.8) is 0 Å². The highest BCUT2D eigenvalue weighted by atomic mass is 16.5. The van der Waals surface area contributed by atoms with Gasteiger partial charge in [0, 0.05) is 19.0 Å². The van der Waals surface area contributed by atoms with Crippen LogP contribution < -0.4 is 16.2 Å². The maximum atomic E-state index is 12.2. The van der Waals surface area contributed by atoms with E-state index in [0.717, 1.165) is 5.56 Å². The van der Waals surface area contributed by atoms with Crippen LogP contribution >= 0.6 is 0 Å². The fourth-order valence-corrected chi connectivity index (χ4v) is 1.66. The zero-order chi connectivity index (χ0) is 21.0. The topological polar surface area (TPSA) is 154 Å². The van der Waals surface area contributed by atoms with E-state index in [0.29, 0.717) is 12.1 Å². The third-order valence-electron chi connectivity index (χ3n) is 2.96. The first kappa shape index (κ1) is 24.0. The molecule has 0 bridgehead atoms. The molecular weight excluding hydrogens is 358 g/mol. The lowest BCUT2D eigenvalue weighted by Gasteiger charge is -2.25. The summed E-state index contributed by atoms with van der Waals surface area (Å²) < 4.78 is 4.94. The molecule has 1 amide bonds. The van der Waals surface area contributed by atoms with Gasteiger partial charge in [0.15, 0.2) is 0 Å². The molecule has 0 aromatic heterocycles. The van der Waals surface area contributed by atoms with Crippen molar-refractivity contribution in [1.82, 2.24) is 16.2 Å². The Labute approximate surface area is 156 Å². The van der Waals surface area contributed by atoms with E-state index < -0.39 is 17.5 Å². The van der Waals surface area contributed by atoms with Gasteiger partial charge < -0.3 is 20.3 Å². The van der Waals surface area contributed by atoms with Gasteiger partial charge in [-0.1, -0.05) is 12.1 Å². The van der Waals surface area contributed by atoms with Gasteiger partial charge in [0.05, 0.1) is 5.54 Å². The van der Waals surface area contributed by atoms with Crippen molar-refractivity contribution in [2.45, 2.75) is 32.9 Å². The molecule has 0 spiro atoms. The van der Waals surface area contributed by atoms with Crippen molar-refractivity contribution >= 4 is 23.8 Å². The van der Waals surface area contributed by atoms with Crippen molar-refractivity contribution in [2.75, 3.05) is 13.7 Å². The molecule has 10 nitrogen and oxygen atoms in total. The molecular formula is C17H25N3O7. The van der Waals surface area contributed by atoms with Gasteiger partial charge in [0.25, 0.3) is 5.91 Å². The number of hydrazine groups is 1. The minimum absolute atomic E-state index is 0.137. The molecule has 10 heteroatoms. The zero-order valence-electron chi connectivity index (χ0n) is 15.7. The number of ether oxygens (including phenoxy) is 1. The van der Waals surface area contributed by atoms with Crippen LogP contribution in [0.5, 0.6) is 0 Å². The second-order valence-electron chi connectivity index (χ2n) is 6.03. The number of aliphatic carboxylic acids is 2. The van der Waals surface area contributed by atoms with Crippen LogP contribution in [0.2, 0.25) is 0 Å². The van der Waals surface area contributed by atoms with Crippen LogP contribution in [-0.4, -0.2) is 53.2 Å². The summed E-state index contributed by atoms with van der Waals surface area (Å²) in [6.45, 7) is 5.77. The van der Waals surface area contributed by atoms with Crippen molar-refractivity contribution in [2.24, 2.45) is 0 Å². The van der Waals surface area contributed by atoms with Gasteiger partial charge >= 0.3 is 17.9 Å². The van der Waals surface area contributed by atoms with Gasteiger partial charge in [0.2, 0.25) is 0 Å². The van der Waals surface area contributed by atoms with Gasteiger partial charge in [0.1, 0.15) is 6.61 Å². The van der Waals surface area contributed by atoms with Crippen LogP contribution in [-0.2, 0) is 25.7 Å². The van der Waals surface area contributed by atoms with E-state index in [9.17, 15) is 9.59 Å². The number of carboxylic acid groups (broad SMARTS) is 2. The van der Waals surface area contributed by atoms with Gasteiger partial charge in [-0.2, -0.15) is 0 Å². The minimum Gasteiger partial charge on any atom is -0.473 e. The summed E-state index contributed by atoms with van der Waals surface area (Å²) in [5.74, 6) is -4.20. The standard InChI is InChI=1S/C15H23N3O3.C2H2O4/c1-11(19)21-10-15(2,3)18-14(20)13-7-5-12(6-8-13)9-17-16-4;3-1(4)2(5)6/h5-8,16-17H,9-10H2,1-4H3,(H,18,20);(H,3,4)(H,5,6). The second-order valence-corrected chi connectivity index (χ2v) is 6.03. The number of esters is 1. The smallest absolute Gasteiger partial charge is 0.414 e. The van der Waals surface area contributed by atoms with Crippen molar-refractivity contribution in [1.29, 1.82) is 0 Å². The van der Waals surface area contributed by atoms with E-state index in [4.69, 9.17) is 24.5 Å². The highest BCUT2D eigenvalue weighted by molar-refractivity contribution is 6.27. The van der Waals surface area contributed by atoms with Crippen molar-refractivity contribution in [3.05, 3.63) is 35.4 Å². The van der Waals surface area contributed by atoms with Gasteiger partial charge in [-0.25, -0.2) is 9.59 Å². The average molecular weight is 383 g/mol. The molecule has 27 heavy (non-hydrogen) atoms. The fraction of sp³-hybridized carbons (Fsp3) is 0.412. The van der Waals surface area contributed by atoms with Gasteiger partial charge in [-0.3, -0.25) is 20.4 Å². The van der Waals surface area contributed by atoms with E-state index in [1.54, 1.807) is 33.0 Å². The molecule has 1 aromatic carbocycles. The molecule has 0 fully saturated rings. The number of carbonyl (C=O) groups excluding carboxylic acids is 2. The third kappa shape index (κ3) is 11.3. The quantitative estimate of drug-likeness (QED) is 0.251. The maximum Gasteiger partial charge on any atom is 0.414 e. The lowest BCUT2D eigenvalue weighted by atomic mass is 10.1. The minimum atomic E-state index is -1.82. The van der Waals surface area contributed by atoms with E-state index in [-0.39, 0.29) is 18.5 Å². The van der Waals surface area contributed by atoms with E-state index in [2.05, 4.69) is 16.2 Å². The lowest BCUT2D eigenvalue weighted by molar-refractivity contribution is -0.159. The molecule has 0 saturated heterocycles. The summed E-state index contributed by atoms with van der Waals surface area (Å²) in [7, 11) is 1.80. The summed E-state index contributed by atoms with van der Waals surface area (Å²) in [5, 5.41) is 17.6. The molecule has 0 aliphatic rings. The number of benzene rings is 1. The lowest BCUT2D eigenvalue weighted by Crippen LogP contribution is -2.47. The Balaban J connectivity index is 0.000000972. The Hall–Kier alpha value is -2.98. The predicted molar refractivity (Wildman–Crippen MR) is 95.8 cm³/mol. The second kappa shape index (κ2) is 11.6. The SMILES string of the molecule is CNNCc1ccc(C(=O)NC(C)(C)COC(C)=O)cc1.O=C(O)C(=O)O.